The second-order valence-electron chi connectivity index (χ2n) is 11.4. The lowest BCUT2D eigenvalue weighted by atomic mass is 9.43. The van der Waals surface area contributed by atoms with Crippen molar-refractivity contribution in [3.05, 3.63) is 46.8 Å². The summed E-state index contributed by atoms with van der Waals surface area (Å²) < 4.78 is 0. The molecule has 1 fully saturated rings. The molecule has 0 aromatic heterocycles. The maximum Gasteiger partial charge on any atom is 0.169 e. The number of hydrogen-bond donors (Lipinski definition) is 1. The van der Waals surface area contributed by atoms with Gasteiger partial charge in [-0.15, -0.1) is 0 Å². The van der Waals surface area contributed by atoms with E-state index in [2.05, 4.69) is 39.0 Å². The predicted octanol–water partition coefficient (Wildman–Crippen LogP) is 7.26. The van der Waals surface area contributed by atoms with Crippen LogP contribution in [0.3, 0.4) is 0 Å². The summed E-state index contributed by atoms with van der Waals surface area (Å²) in [5, 5.41) is 11.2. The van der Waals surface area contributed by atoms with Crippen molar-refractivity contribution >= 4 is 17.3 Å². The number of hydrogen-bond acceptors (Lipinski definition) is 4. The van der Waals surface area contributed by atoms with Crippen LogP contribution in [0.25, 0.3) is 0 Å². The first-order valence-electron chi connectivity index (χ1n) is 12.7. The van der Waals surface area contributed by atoms with E-state index in [1.165, 1.54) is 17.2 Å². The van der Waals surface area contributed by atoms with Gasteiger partial charge in [-0.05, 0) is 84.5 Å². The van der Waals surface area contributed by atoms with Crippen molar-refractivity contribution in [2.24, 2.45) is 28.6 Å². The molecule has 2 rings (SSSR count). The van der Waals surface area contributed by atoms with Gasteiger partial charge in [-0.25, -0.2) is 0 Å². The number of rotatable bonds is 10. The SMILES string of the molecule is CC(C)=CCCC(C)=CCCC1(C)C(CC=C(C)C)CC2C(=O)C=C(O)C1(C(=O)C(C)C)C2=O. The minimum absolute atomic E-state index is 0.0630. The molecule has 0 heterocycles. The molecule has 1 saturated carbocycles. The number of fused-ring (bicyclic) bond motifs is 2. The third kappa shape index (κ3) is 5.21. The Labute approximate surface area is 206 Å². The van der Waals surface area contributed by atoms with Crippen LogP contribution in [-0.2, 0) is 14.4 Å². The molecule has 0 saturated heterocycles. The fourth-order valence-electron chi connectivity index (χ4n) is 5.91. The molecule has 1 N–H and O–H groups in total. The fraction of sp³-hybridized carbons (Fsp3) is 0.633. The number of allylic oxidation sites excluding steroid dienone is 8. The smallest absolute Gasteiger partial charge is 0.169 e. The van der Waals surface area contributed by atoms with E-state index >= 15 is 0 Å². The van der Waals surface area contributed by atoms with Gasteiger partial charge in [-0.2, -0.15) is 0 Å². The van der Waals surface area contributed by atoms with E-state index in [1.54, 1.807) is 13.8 Å². The molecule has 0 spiro atoms. The molecule has 2 aliphatic carbocycles. The van der Waals surface area contributed by atoms with Gasteiger partial charge in [0.15, 0.2) is 22.8 Å². The summed E-state index contributed by atoms with van der Waals surface area (Å²) in [4.78, 5) is 40.3. The minimum Gasteiger partial charge on any atom is -0.511 e. The first-order valence-corrected chi connectivity index (χ1v) is 12.7. The van der Waals surface area contributed by atoms with E-state index in [0.29, 0.717) is 19.3 Å². The van der Waals surface area contributed by atoms with Crippen LogP contribution in [0.15, 0.2) is 46.8 Å². The van der Waals surface area contributed by atoms with Crippen molar-refractivity contribution in [3.8, 4) is 0 Å². The van der Waals surface area contributed by atoms with Crippen LogP contribution >= 0.6 is 0 Å². The van der Waals surface area contributed by atoms with Crippen LogP contribution in [0.4, 0.5) is 0 Å². The summed E-state index contributed by atoms with van der Waals surface area (Å²) >= 11 is 0. The Hall–Kier alpha value is -2.23. The first-order chi connectivity index (χ1) is 15.8. The van der Waals surface area contributed by atoms with E-state index < -0.39 is 28.4 Å². The summed E-state index contributed by atoms with van der Waals surface area (Å²) in [6, 6.07) is 0. The number of aliphatic hydroxyl groups excluding tert-OH is 1. The van der Waals surface area contributed by atoms with Crippen molar-refractivity contribution in [1.29, 1.82) is 0 Å². The van der Waals surface area contributed by atoms with Crippen molar-refractivity contribution in [1.82, 2.24) is 0 Å². The number of ketones is 3. The molecule has 4 heteroatoms. The fourth-order valence-corrected chi connectivity index (χ4v) is 5.91. The summed E-state index contributed by atoms with van der Waals surface area (Å²) in [6.45, 7) is 15.9. The standard InChI is InChI=1S/C30H44O4/c1-19(2)11-9-12-22(7)13-10-16-29(8)23(15-14-20(3)4)17-24-25(31)18-26(32)30(29,28(24)34)27(33)21(5)6/h11,13-14,18,21,23-24,32H,9-10,12,15-17H2,1-8H3. The Morgan fingerprint density at radius 2 is 1.68 bits per heavy atom. The largest absolute Gasteiger partial charge is 0.511 e. The normalized spacial score (nSPS) is 29.1. The first kappa shape index (κ1) is 28.0. The highest BCUT2D eigenvalue weighted by molar-refractivity contribution is 6.23. The maximum absolute atomic E-state index is 13.8. The molecule has 0 aromatic carbocycles. The lowest BCUT2D eigenvalue weighted by molar-refractivity contribution is -0.169. The van der Waals surface area contributed by atoms with Crippen LogP contribution in [0, 0.1) is 28.6 Å². The van der Waals surface area contributed by atoms with E-state index in [9.17, 15) is 19.5 Å². The van der Waals surface area contributed by atoms with Crippen molar-refractivity contribution < 1.29 is 19.5 Å². The van der Waals surface area contributed by atoms with Gasteiger partial charge in [-0.1, -0.05) is 55.7 Å². The summed E-state index contributed by atoms with van der Waals surface area (Å²) in [6.07, 6.45) is 12.1. The molecule has 0 radical (unpaired) electrons. The van der Waals surface area contributed by atoms with Crippen molar-refractivity contribution in [2.75, 3.05) is 0 Å². The zero-order valence-electron chi connectivity index (χ0n) is 22.5. The van der Waals surface area contributed by atoms with Gasteiger partial charge in [0, 0.05) is 12.0 Å². The van der Waals surface area contributed by atoms with Gasteiger partial charge in [0.05, 0.1) is 5.92 Å². The number of carbonyl (C=O) groups excluding carboxylic acids is 3. The van der Waals surface area contributed by atoms with Gasteiger partial charge < -0.3 is 5.11 Å². The van der Waals surface area contributed by atoms with Gasteiger partial charge in [0.2, 0.25) is 0 Å². The maximum atomic E-state index is 13.8. The van der Waals surface area contributed by atoms with Gasteiger partial charge in [0.25, 0.3) is 0 Å². The molecular weight excluding hydrogens is 424 g/mol. The van der Waals surface area contributed by atoms with Crippen LogP contribution in [0.2, 0.25) is 0 Å². The third-order valence-electron chi connectivity index (χ3n) is 7.92. The zero-order valence-corrected chi connectivity index (χ0v) is 22.5. The molecular formula is C30H44O4. The van der Waals surface area contributed by atoms with E-state index in [4.69, 9.17) is 0 Å². The Morgan fingerprint density at radius 3 is 2.24 bits per heavy atom. The summed E-state index contributed by atoms with van der Waals surface area (Å²) in [5.74, 6) is -2.71. The van der Waals surface area contributed by atoms with Crippen molar-refractivity contribution in [2.45, 2.75) is 93.9 Å². The molecule has 0 aromatic rings. The van der Waals surface area contributed by atoms with E-state index in [0.717, 1.165) is 24.8 Å². The van der Waals surface area contributed by atoms with Crippen LogP contribution < -0.4 is 0 Å². The second-order valence-corrected chi connectivity index (χ2v) is 11.4. The summed E-state index contributed by atoms with van der Waals surface area (Å²) in [5.41, 5.74) is 1.31. The van der Waals surface area contributed by atoms with E-state index in [-0.39, 0.29) is 23.2 Å². The lowest BCUT2D eigenvalue weighted by Crippen LogP contribution is -2.65. The highest BCUT2D eigenvalue weighted by atomic mass is 16.3. The second kappa shape index (κ2) is 11.0. The van der Waals surface area contributed by atoms with Gasteiger partial charge in [0.1, 0.15) is 5.76 Å². The van der Waals surface area contributed by atoms with Crippen LogP contribution in [-0.4, -0.2) is 22.5 Å². The Bertz CT molecular complexity index is 937. The molecule has 4 unspecified atom stereocenters. The predicted molar refractivity (Wildman–Crippen MR) is 138 cm³/mol. The highest BCUT2D eigenvalue weighted by Crippen LogP contribution is 2.62. The van der Waals surface area contributed by atoms with Crippen LogP contribution in [0.5, 0.6) is 0 Å². The minimum atomic E-state index is -1.65. The Morgan fingerprint density at radius 1 is 1.06 bits per heavy atom. The number of Topliss-reactive ketones (excluding diaryl/α,β-unsaturated/α-hetero) is 2. The summed E-state index contributed by atoms with van der Waals surface area (Å²) in [7, 11) is 0. The molecule has 34 heavy (non-hydrogen) atoms. The van der Waals surface area contributed by atoms with Crippen LogP contribution in [0.1, 0.15) is 93.9 Å². The quantitative estimate of drug-likeness (QED) is 0.270. The molecule has 2 aliphatic rings. The molecule has 0 amide bonds. The topological polar surface area (TPSA) is 71.4 Å². The van der Waals surface area contributed by atoms with Crippen molar-refractivity contribution in [3.63, 3.8) is 0 Å². The third-order valence-corrected chi connectivity index (χ3v) is 7.92. The number of carbonyl (C=O) groups is 3. The Kier molecular flexibility index (Phi) is 9.07. The molecule has 4 atom stereocenters. The Balaban J connectivity index is 2.55. The monoisotopic (exact) mass is 468 g/mol. The molecule has 188 valence electrons. The van der Waals surface area contributed by atoms with Gasteiger partial charge >= 0.3 is 0 Å². The molecule has 2 bridgehead atoms. The number of aliphatic hydroxyl groups is 1. The van der Waals surface area contributed by atoms with Gasteiger partial charge in [-0.3, -0.25) is 14.4 Å². The van der Waals surface area contributed by atoms with E-state index in [1.807, 2.05) is 20.8 Å². The average Bonchev–Trinajstić information content (AvgIpc) is 2.71. The zero-order chi connectivity index (χ0) is 25.8. The molecule has 4 nitrogen and oxygen atoms in total. The average molecular weight is 469 g/mol. The molecule has 0 aliphatic heterocycles. The highest BCUT2D eigenvalue weighted by Gasteiger charge is 2.69. The lowest BCUT2D eigenvalue weighted by Gasteiger charge is -2.57.